The molecular formula is C12H28N2O. The highest BCUT2D eigenvalue weighted by atomic mass is 16.3. The molecule has 0 saturated carbocycles. The van der Waals surface area contributed by atoms with E-state index in [0.29, 0.717) is 6.04 Å². The maximum Gasteiger partial charge on any atom is 0.0608 e. The van der Waals surface area contributed by atoms with Gasteiger partial charge in [0.1, 0.15) is 0 Å². The maximum atomic E-state index is 8.99. The highest BCUT2D eigenvalue weighted by Crippen LogP contribution is 2.10. The van der Waals surface area contributed by atoms with Gasteiger partial charge in [0.05, 0.1) is 6.61 Å². The molecule has 0 aromatic heterocycles. The van der Waals surface area contributed by atoms with Crippen LogP contribution in [0.1, 0.15) is 46.5 Å². The molecule has 0 spiro atoms. The third kappa shape index (κ3) is 6.88. The first-order chi connectivity index (χ1) is 6.93. The van der Waals surface area contributed by atoms with Gasteiger partial charge in [0.25, 0.3) is 0 Å². The van der Waals surface area contributed by atoms with Crippen LogP contribution < -0.4 is 5.73 Å². The first-order valence-electron chi connectivity index (χ1n) is 6.03. The summed E-state index contributed by atoms with van der Waals surface area (Å²) < 4.78 is 0. The second kappa shape index (κ2) is 7.20. The number of hydrogen-bond donors (Lipinski definition) is 2. The Balaban J connectivity index is 3.54. The highest BCUT2D eigenvalue weighted by Gasteiger charge is 2.16. The summed E-state index contributed by atoms with van der Waals surface area (Å²) in [4.78, 5) is 2.38. The van der Waals surface area contributed by atoms with Crippen molar-refractivity contribution >= 4 is 0 Å². The van der Waals surface area contributed by atoms with E-state index in [-0.39, 0.29) is 6.61 Å². The minimum Gasteiger partial charge on any atom is -0.394 e. The van der Waals surface area contributed by atoms with Gasteiger partial charge >= 0.3 is 0 Å². The number of nitrogens with two attached hydrogens (primary N) is 1. The van der Waals surface area contributed by atoms with Crippen molar-refractivity contribution in [2.24, 2.45) is 5.73 Å². The minimum atomic E-state index is -0.394. The predicted octanol–water partition coefficient (Wildman–Crippen LogP) is 1.60. The van der Waals surface area contributed by atoms with Crippen LogP contribution in [0.5, 0.6) is 0 Å². The largest absolute Gasteiger partial charge is 0.394 e. The van der Waals surface area contributed by atoms with Crippen LogP contribution in [0.25, 0.3) is 0 Å². The topological polar surface area (TPSA) is 49.5 Å². The van der Waals surface area contributed by atoms with Crippen LogP contribution in [0.15, 0.2) is 0 Å². The van der Waals surface area contributed by atoms with Crippen molar-refractivity contribution < 1.29 is 5.11 Å². The van der Waals surface area contributed by atoms with E-state index in [9.17, 15) is 0 Å². The average Bonchev–Trinajstić information content (AvgIpc) is 2.22. The molecule has 3 nitrogen and oxygen atoms in total. The second-order valence-corrected chi connectivity index (χ2v) is 5.01. The molecule has 0 fully saturated rings. The van der Waals surface area contributed by atoms with E-state index in [1.54, 1.807) is 0 Å². The summed E-state index contributed by atoms with van der Waals surface area (Å²) >= 11 is 0. The monoisotopic (exact) mass is 216 g/mol. The van der Waals surface area contributed by atoms with Gasteiger partial charge in [-0.25, -0.2) is 0 Å². The molecule has 0 heterocycles. The third-order valence-electron chi connectivity index (χ3n) is 3.21. The predicted molar refractivity (Wildman–Crippen MR) is 65.9 cm³/mol. The molecule has 2 atom stereocenters. The molecular weight excluding hydrogens is 188 g/mol. The molecule has 15 heavy (non-hydrogen) atoms. The van der Waals surface area contributed by atoms with Gasteiger partial charge in [0.15, 0.2) is 0 Å². The van der Waals surface area contributed by atoms with Crippen LogP contribution in [0, 0.1) is 0 Å². The zero-order valence-corrected chi connectivity index (χ0v) is 10.8. The number of unbranched alkanes of at least 4 members (excludes halogenated alkanes) is 1. The molecule has 0 amide bonds. The molecule has 3 N–H and O–H groups in total. The van der Waals surface area contributed by atoms with Crippen molar-refractivity contribution in [3.05, 3.63) is 0 Å². The van der Waals surface area contributed by atoms with Crippen molar-refractivity contribution in [2.45, 2.75) is 58.0 Å². The molecule has 0 aliphatic heterocycles. The fourth-order valence-electron chi connectivity index (χ4n) is 1.50. The van der Waals surface area contributed by atoms with Gasteiger partial charge in [0.2, 0.25) is 0 Å². The van der Waals surface area contributed by atoms with E-state index in [1.165, 1.54) is 6.42 Å². The molecule has 2 unspecified atom stereocenters. The van der Waals surface area contributed by atoms with Gasteiger partial charge in [-0.2, -0.15) is 0 Å². The molecule has 3 heteroatoms. The zero-order chi connectivity index (χ0) is 11.9. The van der Waals surface area contributed by atoms with Crippen molar-refractivity contribution in [1.82, 2.24) is 4.90 Å². The first-order valence-corrected chi connectivity index (χ1v) is 6.03. The molecule has 0 aromatic rings. The molecule has 0 bridgehead atoms. The maximum absolute atomic E-state index is 8.99. The quantitative estimate of drug-likeness (QED) is 0.606. The van der Waals surface area contributed by atoms with E-state index in [4.69, 9.17) is 10.8 Å². The summed E-state index contributed by atoms with van der Waals surface area (Å²) in [6.45, 7) is 7.57. The van der Waals surface area contributed by atoms with Crippen LogP contribution in [0.3, 0.4) is 0 Å². The van der Waals surface area contributed by atoms with Gasteiger partial charge in [-0.3, -0.25) is 0 Å². The van der Waals surface area contributed by atoms with Gasteiger partial charge in [-0.15, -0.1) is 0 Å². The van der Waals surface area contributed by atoms with E-state index >= 15 is 0 Å². The van der Waals surface area contributed by atoms with Gasteiger partial charge in [-0.1, -0.05) is 13.3 Å². The number of aliphatic hydroxyl groups is 1. The Morgan fingerprint density at radius 3 is 2.47 bits per heavy atom. The van der Waals surface area contributed by atoms with Crippen molar-refractivity contribution in [1.29, 1.82) is 0 Å². The van der Waals surface area contributed by atoms with E-state index in [1.807, 2.05) is 6.92 Å². The summed E-state index contributed by atoms with van der Waals surface area (Å²) in [6, 6.07) is 0.659. The highest BCUT2D eigenvalue weighted by molar-refractivity contribution is 4.77. The average molecular weight is 216 g/mol. The third-order valence-corrected chi connectivity index (χ3v) is 3.21. The summed E-state index contributed by atoms with van der Waals surface area (Å²) in [7, 11) is 2.17. The summed E-state index contributed by atoms with van der Waals surface area (Å²) in [5, 5.41) is 8.99. The Bertz CT molecular complexity index is 160. The molecule has 92 valence electrons. The van der Waals surface area contributed by atoms with E-state index in [0.717, 1.165) is 25.8 Å². The van der Waals surface area contributed by atoms with Gasteiger partial charge in [0, 0.05) is 11.6 Å². The lowest BCUT2D eigenvalue weighted by atomic mass is 9.97. The lowest BCUT2D eigenvalue weighted by Gasteiger charge is -2.25. The van der Waals surface area contributed by atoms with Crippen molar-refractivity contribution in [3.8, 4) is 0 Å². The molecule has 0 saturated heterocycles. The van der Waals surface area contributed by atoms with E-state index in [2.05, 4.69) is 25.8 Å². The van der Waals surface area contributed by atoms with Crippen LogP contribution >= 0.6 is 0 Å². The normalized spacial score (nSPS) is 17.8. The Hall–Kier alpha value is -0.120. The number of aliphatic hydroxyl groups excluding tert-OH is 1. The lowest BCUT2D eigenvalue weighted by Crippen LogP contribution is -2.40. The fraction of sp³-hybridized carbons (Fsp3) is 1.00. The van der Waals surface area contributed by atoms with Crippen LogP contribution in [0.2, 0.25) is 0 Å². The Morgan fingerprint density at radius 1 is 1.40 bits per heavy atom. The minimum absolute atomic E-state index is 0.0776. The van der Waals surface area contributed by atoms with Crippen LogP contribution in [0.4, 0.5) is 0 Å². The SMILES string of the molecule is CCC(C)N(C)CCCCC(C)(N)CO. The molecule has 0 radical (unpaired) electrons. The van der Waals surface area contributed by atoms with Crippen molar-refractivity contribution in [2.75, 3.05) is 20.2 Å². The Labute approximate surface area is 94.6 Å². The molecule has 0 aliphatic rings. The molecule has 0 aromatic carbocycles. The van der Waals surface area contributed by atoms with Gasteiger partial charge < -0.3 is 15.7 Å². The Kier molecular flexibility index (Phi) is 7.14. The number of nitrogens with zero attached hydrogens (tertiary/aromatic N) is 1. The summed E-state index contributed by atoms with van der Waals surface area (Å²) in [5.41, 5.74) is 5.46. The second-order valence-electron chi connectivity index (χ2n) is 5.01. The van der Waals surface area contributed by atoms with Crippen molar-refractivity contribution in [3.63, 3.8) is 0 Å². The number of rotatable bonds is 8. The standard InChI is InChI=1S/C12H28N2O/c1-5-11(2)14(4)9-7-6-8-12(3,13)10-15/h11,15H,5-10,13H2,1-4H3. The summed E-state index contributed by atoms with van der Waals surface area (Å²) in [6.07, 6.45) is 4.35. The molecule has 0 rings (SSSR count). The first kappa shape index (κ1) is 14.9. The fourth-order valence-corrected chi connectivity index (χ4v) is 1.50. The Morgan fingerprint density at radius 2 is 2.00 bits per heavy atom. The summed E-state index contributed by atoms with van der Waals surface area (Å²) in [5.74, 6) is 0. The lowest BCUT2D eigenvalue weighted by molar-refractivity contribution is 0.192. The number of hydrogen-bond acceptors (Lipinski definition) is 3. The molecule has 0 aliphatic carbocycles. The van der Waals surface area contributed by atoms with Crippen LogP contribution in [-0.2, 0) is 0 Å². The van der Waals surface area contributed by atoms with Gasteiger partial charge in [-0.05, 0) is 46.7 Å². The smallest absolute Gasteiger partial charge is 0.0608 e. The van der Waals surface area contributed by atoms with Crippen LogP contribution in [-0.4, -0.2) is 41.8 Å². The zero-order valence-electron chi connectivity index (χ0n) is 10.8. The van der Waals surface area contributed by atoms with E-state index < -0.39 is 5.54 Å².